The topological polar surface area (TPSA) is 71.1 Å². The minimum atomic E-state index is -0.335. The van der Waals surface area contributed by atoms with Crippen molar-refractivity contribution in [3.63, 3.8) is 0 Å². The SMILES string of the molecule is O=C(Nc1nc2c(s1)CCCC2C(=O)NCc1ccc(F)cc1)c1ccccc1. The van der Waals surface area contributed by atoms with E-state index in [9.17, 15) is 14.0 Å². The Morgan fingerprint density at radius 1 is 1.10 bits per heavy atom. The number of carbonyl (C=O) groups is 2. The predicted molar refractivity (Wildman–Crippen MR) is 110 cm³/mol. The first kappa shape index (κ1) is 19.3. The van der Waals surface area contributed by atoms with E-state index in [-0.39, 0.29) is 23.5 Å². The van der Waals surface area contributed by atoms with Gasteiger partial charge in [0.2, 0.25) is 5.91 Å². The zero-order valence-corrected chi connectivity index (χ0v) is 16.5. The van der Waals surface area contributed by atoms with E-state index in [1.807, 2.05) is 18.2 Å². The van der Waals surface area contributed by atoms with E-state index in [2.05, 4.69) is 15.6 Å². The molecule has 0 saturated carbocycles. The van der Waals surface area contributed by atoms with Crippen LogP contribution >= 0.6 is 11.3 Å². The minimum absolute atomic E-state index is 0.0958. The molecule has 0 saturated heterocycles. The molecule has 0 fully saturated rings. The van der Waals surface area contributed by atoms with Crippen molar-refractivity contribution in [3.8, 4) is 0 Å². The summed E-state index contributed by atoms with van der Waals surface area (Å²) in [4.78, 5) is 30.7. The average molecular weight is 409 g/mol. The van der Waals surface area contributed by atoms with Crippen molar-refractivity contribution in [1.82, 2.24) is 10.3 Å². The molecule has 1 heterocycles. The van der Waals surface area contributed by atoms with Crippen LogP contribution in [0.15, 0.2) is 54.6 Å². The predicted octanol–water partition coefficient (Wildman–Crippen LogP) is 4.27. The number of hydrogen-bond acceptors (Lipinski definition) is 4. The van der Waals surface area contributed by atoms with Gasteiger partial charge in [0, 0.05) is 17.0 Å². The molecule has 1 unspecified atom stereocenters. The van der Waals surface area contributed by atoms with Crippen molar-refractivity contribution in [2.24, 2.45) is 0 Å². The van der Waals surface area contributed by atoms with Crippen LogP contribution in [0, 0.1) is 5.82 Å². The number of aryl methyl sites for hydroxylation is 1. The van der Waals surface area contributed by atoms with E-state index in [1.165, 1.54) is 23.5 Å². The molecule has 1 aliphatic carbocycles. The first-order chi connectivity index (χ1) is 14.1. The Kier molecular flexibility index (Phi) is 5.67. The first-order valence-electron chi connectivity index (χ1n) is 9.48. The van der Waals surface area contributed by atoms with Crippen molar-refractivity contribution >= 4 is 28.3 Å². The van der Waals surface area contributed by atoms with Crippen LogP contribution in [0.2, 0.25) is 0 Å². The summed E-state index contributed by atoms with van der Waals surface area (Å²) in [7, 11) is 0. The third-order valence-corrected chi connectivity index (χ3v) is 5.95. The Morgan fingerprint density at radius 3 is 2.62 bits per heavy atom. The maximum atomic E-state index is 13.0. The molecule has 2 N–H and O–H groups in total. The molecule has 7 heteroatoms. The van der Waals surface area contributed by atoms with Gasteiger partial charge in [-0.1, -0.05) is 30.3 Å². The first-order valence-corrected chi connectivity index (χ1v) is 10.3. The van der Waals surface area contributed by atoms with Gasteiger partial charge in [-0.25, -0.2) is 9.37 Å². The molecule has 5 nitrogen and oxygen atoms in total. The fourth-order valence-corrected chi connectivity index (χ4v) is 4.46. The van der Waals surface area contributed by atoms with Crippen LogP contribution in [0.25, 0.3) is 0 Å². The highest BCUT2D eigenvalue weighted by molar-refractivity contribution is 7.15. The van der Waals surface area contributed by atoms with Gasteiger partial charge in [-0.15, -0.1) is 11.3 Å². The molecule has 4 rings (SSSR count). The lowest BCUT2D eigenvalue weighted by atomic mass is 9.90. The molecule has 3 aromatic rings. The van der Waals surface area contributed by atoms with Crippen molar-refractivity contribution in [1.29, 1.82) is 0 Å². The van der Waals surface area contributed by atoms with E-state index < -0.39 is 0 Å². The number of benzene rings is 2. The molecule has 29 heavy (non-hydrogen) atoms. The highest BCUT2D eigenvalue weighted by atomic mass is 32.1. The number of nitrogens with one attached hydrogen (secondary N) is 2. The number of aromatic nitrogens is 1. The molecule has 1 aromatic heterocycles. The maximum Gasteiger partial charge on any atom is 0.257 e. The molecule has 1 aliphatic rings. The zero-order chi connectivity index (χ0) is 20.2. The standard InChI is InChI=1S/C22H20FN3O2S/c23-16-11-9-14(10-12-16)13-24-21(28)17-7-4-8-18-19(17)25-22(29-18)26-20(27)15-5-2-1-3-6-15/h1-3,5-6,9-12,17H,4,7-8,13H2,(H,24,28)(H,25,26,27). The molecule has 2 amide bonds. The van der Waals surface area contributed by atoms with Gasteiger partial charge < -0.3 is 5.32 Å². The van der Waals surface area contributed by atoms with Crippen LogP contribution in [-0.2, 0) is 17.8 Å². The van der Waals surface area contributed by atoms with Gasteiger partial charge in [0.05, 0.1) is 11.6 Å². The monoisotopic (exact) mass is 409 g/mol. The van der Waals surface area contributed by atoms with E-state index >= 15 is 0 Å². The number of thiazole rings is 1. The summed E-state index contributed by atoms with van der Waals surface area (Å²) in [5.41, 5.74) is 2.15. The van der Waals surface area contributed by atoms with Crippen molar-refractivity contribution < 1.29 is 14.0 Å². The molecule has 0 aliphatic heterocycles. The summed E-state index contributed by atoms with van der Waals surface area (Å²) in [5.74, 6) is -0.946. The third kappa shape index (κ3) is 4.51. The minimum Gasteiger partial charge on any atom is -0.351 e. The van der Waals surface area contributed by atoms with Crippen LogP contribution < -0.4 is 10.6 Å². The number of rotatable bonds is 5. The largest absolute Gasteiger partial charge is 0.351 e. The summed E-state index contributed by atoms with van der Waals surface area (Å²) < 4.78 is 13.0. The number of halogens is 1. The molecular formula is C22H20FN3O2S. The van der Waals surface area contributed by atoms with Gasteiger partial charge >= 0.3 is 0 Å². The van der Waals surface area contributed by atoms with Crippen molar-refractivity contribution in [2.75, 3.05) is 5.32 Å². The lowest BCUT2D eigenvalue weighted by Crippen LogP contribution is -2.31. The Bertz CT molecular complexity index is 1020. The summed E-state index contributed by atoms with van der Waals surface area (Å²) in [5, 5.41) is 6.28. The maximum absolute atomic E-state index is 13.0. The smallest absolute Gasteiger partial charge is 0.257 e. The van der Waals surface area contributed by atoms with Gasteiger partial charge in [0.15, 0.2) is 5.13 Å². The van der Waals surface area contributed by atoms with Gasteiger partial charge in [-0.05, 0) is 49.1 Å². The van der Waals surface area contributed by atoms with Gasteiger partial charge in [0.25, 0.3) is 5.91 Å². The normalized spacial score (nSPS) is 15.4. The van der Waals surface area contributed by atoms with Gasteiger partial charge in [-0.3, -0.25) is 14.9 Å². The quantitative estimate of drug-likeness (QED) is 0.661. The van der Waals surface area contributed by atoms with E-state index in [4.69, 9.17) is 0 Å². The van der Waals surface area contributed by atoms with Crippen molar-refractivity contribution in [3.05, 3.63) is 82.1 Å². The number of nitrogens with zero attached hydrogens (tertiary/aromatic N) is 1. The van der Waals surface area contributed by atoms with Crippen LogP contribution in [0.1, 0.15) is 45.3 Å². The van der Waals surface area contributed by atoms with Crippen LogP contribution in [0.4, 0.5) is 9.52 Å². The fourth-order valence-electron chi connectivity index (χ4n) is 3.40. The Morgan fingerprint density at radius 2 is 1.86 bits per heavy atom. The zero-order valence-electron chi connectivity index (χ0n) is 15.7. The van der Waals surface area contributed by atoms with Crippen LogP contribution in [-0.4, -0.2) is 16.8 Å². The summed E-state index contributed by atoms with van der Waals surface area (Å²) in [6.45, 7) is 0.340. The molecular weight excluding hydrogens is 389 g/mol. The number of anilines is 1. The highest BCUT2D eigenvalue weighted by Gasteiger charge is 2.30. The van der Waals surface area contributed by atoms with Crippen LogP contribution in [0.3, 0.4) is 0 Å². The molecule has 0 radical (unpaired) electrons. The molecule has 2 aromatic carbocycles. The Labute approximate surface area is 172 Å². The summed E-state index contributed by atoms with van der Waals surface area (Å²) in [6, 6.07) is 15.0. The summed E-state index contributed by atoms with van der Waals surface area (Å²) in [6.07, 6.45) is 2.48. The average Bonchev–Trinajstić information content (AvgIpc) is 3.16. The lowest BCUT2D eigenvalue weighted by Gasteiger charge is -2.20. The van der Waals surface area contributed by atoms with E-state index in [1.54, 1.807) is 24.3 Å². The van der Waals surface area contributed by atoms with Gasteiger partial charge in [0.1, 0.15) is 5.82 Å². The highest BCUT2D eigenvalue weighted by Crippen LogP contribution is 2.37. The van der Waals surface area contributed by atoms with E-state index in [0.29, 0.717) is 17.2 Å². The molecule has 0 spiro atoms. The second-order valence-electron chi connectivity index (χ2n) is 6.94. The summed E-state index contributed by atoms with van der Waals surface area (Å²) >= 11 is 1.43. The van der Waals surface area contributed by atoms with Crippen LogP contribution in [0.5, 0.6) is 0 Å². The number of hydrogen-bond donors (Lipinski definition) is 2. The fraction of sp³-hybridized carbons (Fsp3) is 0.227. The van der Waals surface area contributed by atoms with E-state index in [0.717, 1.165) is 35.4 Å². The number of carbonyl (C=O) groups excluding carboxylic acids is 2. The third-order valence-electron chi connectivity index (χ3n) is 4.91. The molecule has 0 bridgehead atoms. The van der Waals surface area contributed by atoms with Crippen molar-refractivity contribution in [2.45, 2.75) is 31.7 Å². The van der Waals surface area contributed by atoms with Gasteiger partial charge in [-0.2, -0.15) is 0 Å². The molecule has 148 valence electrons. The number of amides is 2. The lowest BCUT2D eigenvalue weighted by molar-refractivity contribution is -0.123. The number of fused-ring (bicyclic) bond motifs is 1. The second kappa shape index (κ2) is 8.53. The molecule has 1 atom stereocenters. The Hall–Kier alpha value is -3.06. The Balaban J connectivity index is 1.44. The second-order valence-corrected chi connectivity index (χ2v) is 8.02.